The van der Waals surface area contributed by atoms with Crippen LogP contribution in [-0.2, 0) is 16.6 Å². The normalized spacial score (nSPS) is 20.8. The summed E-state index contributed by atoms with van der Waals surface area (Å²) in [6, 6.07) is 1.58. The lowest BCUT2D eigenvalue weighted by atomic mass is 10.0. The van der Waals surface area contributed by atoms with E-state index in [0.29, 0.717) is 31.9 Å². The molecule has 1 aromatic rings. The second-order valence-corrected chi connectivity index (χ2v) is 8.58. The van der Waals surface area contributed by atoms with E-state index in [2.05, 4.69) is 26.1 Å². The zero-order valence-corrected chi connectivity index (χ0v) is 15.2. The maximum absolute atomic E-state index is 12.8. The van der Waals surface area contributed by atoms with Crippen LogP contribution in [0.15, 0.2) is 20.0 Å². The Balaban J connectivity index is 2.30. The molecule has 1 fully saturated rings. The minimum absolute atomic E-state index is 0.185. The van der Waals surface area contributed by atoms with Crippen LogP contribution in [0, 0.1) is 0 Å². The van der Waals surface area contributed by atoms with Gasteiger partial charge in [0.2, 0.25) is 10.0 Å². The Hall–Kier alpha value is -0.410. The van der Waals surface area contributed by atoms with E-state index in [1.54, 1.807) is 13.1 Å². The molecule has 2 heterocycles. The van der Waals surface area contributed by atoms with Crippen molar-refractivity contribution >= 4 is 26.0 Å². The molecule has 0 atom stereocenters. The molecule has 0 bridgehead atoms. The van der Waals surface area contributed by atoms with Crippen molar-refractivity contribution in [3.8, 4) is 0 Å². The van der Waals surface area contributed by atoms with Crippen LogP contribution < -0.4 is 5.32 Å². The summed E-state index contributed by atoms with van der Waals surface area (Å²) < 4.78 is 32.9. The molecule has 0 aliphatic carbocycles. The van der Waals surface area contributed by atoms with Crippen LogP contribution in [0.5, 0.6) is 0 Å². The van der Waals surface area contributed by atoms with Gasteiger partial charge in [0.05, 0.1) is 6.54 Å². The SMILES string of the molecule is CNCc1cc(S(=O)(=O)N2CCN(C)C(C)(C)C2)c(Br)o1. The number of nitrogens with zero attached hydrogens (tertiary/aromatic N) is 2. The van der Waals surface area contributed by atoms with Crippen molar-refractivity contribution in [3.05, 3.63) is 16.5 Å². The molecule has 1 N–H and O–H groups in total. The number of hydrogen-bond acceptors (Lipinski definition) is 5. The molecule has 0 saturated carbocycles. The third-order valence-corrected chi connectivity index (χ3v) is 6.66. The van der Waals surface area contributed by atoms with Crippen LogP contribution in [0.2, 0.25) is 0 Å². The zero-order valence-electron chi connectivity index (χ0n) is 12.8. The average molecular weight is 380 g/mol. The maximum atomic E-state index is 12.8. The first-order chi connectivity index (χ1) is 9.68. The zero-order chi connectivity index (χ0) is 15.8. The summed E-state index contributed by atoms with van der Waals surface area (Å²) in [5.74, 6) is 0.594. The Morgan fingerprint density at radius 1 is 1.43 bits per heavy atom. The topological polar surface area (TPSA) is 65.8 Å². The fourth-order valence-electron chi connectivity index (χ4n) is 2.37. The van der Waals surface area contributed by atoms with Crippen LogP contribution in [0.4, 0.5) is 0 Å². The molecular formula is C13H22BrN3O3S. The van der Waals surface area contributed by atoms with E-state index >= 15 is 0 Å². The maximum Gasteiger partial charge on any atom is 0.247 e. The van der Waals surface area contributed by atoms with Gasteiger partial charge in [0, 0.05) is 31.2 Å². The lowest BCUT2D eigenvalue weighted by Gasteiger charge is -2.44. The van der Waals surface area contributed by atoms with Gasteiger partial charge in [0.1, 0.15) is 10.7 Å². The van der Waals surface area contributed by atoms with Crippen molar-refractivity contribution < 1.29 is 12.8 Å². The van der Waals surface area contributed by atoms with E-state index in [4.69, 9.17) is 4.42 Å². The number of likely N-dealkylation sites (N-methyl/N-ethyl adjacent to an activating group) is 1. The predicted octanol–water partition coefficient (Wildman–Crippen LogP) is 1.48. The lowest BCUT2D eigenvalue weighted by molar-refractivity contribution is 0.0801. The Kier molecular flexibility index (Phi) is 4.84. The van der Waals surface area contributed by atoms with Crippen molar-refractivity contribution in [1.82, 2.24) is 14.5 Å². The van der Waals surface area contributed by atoms with Gasteiger partial charge in [-0.2, -0.15) is 4.31 Å². The molecule has 1 aromatic heterocycles. The molecule has 120 valence electrons. The molecule has 1 aliphatic heterocycles. The van der Waals surface area contributed by atoms with Crippen LogP contribution in [0.3, 0.4) is 0 Å². The summed E-state index contributed by atoms with van der Waals surface area (Å²) in [6.45, 7) is 6.25. The Bertz CT molecular complexity index is 612. The first kappa shape index (κ1) is 17.0. The van der Waals surface area contributed by atoms with E-state index in [0.717, 1.165) is 0 Å². The minimum atomic E-state index is -3.55. The van der Waals surface area contributed by atoms with Crippen LogP contribution >= 0.6 is 15.9 Å². The molecule has 0 amide bonds. The van der Waals surface area contributed by atoms with Gasteiger partial charge in [0.25, 0.3) is 0 Å². The van der Waals surface area contributed by atoms with Gasteiger partial charge < -0.3 is 9.73 Å². The Morgan fingerprint density at radius 3 is 2.67 bits per heavy atom. The van der Waals surface area contributed by atoms with Crippen molar-refractivity contribution in [2.45, 2.75) is 30.8 Å². The van der Waals surface area contributed by atoms with E-state index in [-0.39, 0.29) is 15.1 Å². The third-order valence-electron chi connectivity index (χ3n) is 3.96. The second kappa shape index (κ2) is 6.00. The van der Waals surface area contributed by atoms with E-state index in [1.807, 2.05) is 20.9 Å². The number of nitrogens with one attached hydrogen (secondary N) is 1. The van der Waals surface area contributed by atoms with Gasteiger partial charge in [-0.25, -0.2) is 8.42 Å². The second-order valence-electron chi connectivity index (χ2n) is 5.95. The number of hydrogen-bond donors (Lipinski definition) is 1. The molecule has 8 heteroatoms. The predicted molar refractivity (Wildman–Crippen MR) is 84.6 cm³/mol. The summed E-state index contributed by atoms with van der Waals surface area (Å²) in [5, 5.41) is 2.94. The summed E-state index contributed by atoms with van der Waals surface area (Å²) in [5.41, 5.74) is -0.185. The highest BCUT2D eigenvalue weighted by Crippen LogP contribution is 2.31. The molecular weight excluding hydrogens is 358 g/mol. The van der Waals surface area contributed by atoms with Gasteiger partial charge >= 0.3 is 0 Å². The first-order valence-electron chi connectivity index (χ1n) is 6.82. The van der Waals surface area contributed by atoms with Crippen LogP contribution in [0.1, 0.15) is 19.6 Å². The van der Waals surface area contributed by atoms with Crippen LogP contribution in [0.25, 0.3) is 0 Å². The highest BCUT2D eigenvalue weighted by Gasteiger charge is 2.38. The standard InChI is InChI=1S/C13H22BrN3O3S/c1-13(2)9-17(6-5-16(13)4)21(18,19)11-7-10(8-15-3)20-12(11)14/h7,15H,5-6,8-9H2,1-4H3. The highest BCUT2D eigenvalue weighted by molar-refractivity contribution is 9.10. The summed E-state index contributed by atoms with van der Waals surface area (Å²) in [4.78, 5) is 2.38. The molecule has 1 saturated heterocycles. The Morgan fingerprint density at radius 2 is 2.10 bits per heavy atom. The molecule has 2 rings (SSSR count). The molecule has 0 aromatic carbocycles. The summed E-state index contributed by atoms with van der Waals surface area (Å²) >= 11 is 3.22. The summed E-state index contributed by atoms with van der Waals surface area (Å²) in [6.07, 6.45) is 0. The molecule has 0 unspecified atom stereocenters. The van der Waals surface area contributed by atoms with Gasteiger partial charge in [-0.3, -0.25) is 4.90 Å². The average Bonchev–Trinajstić information content (AvgIpc) is 2.74. The van der Waals surface area contributed by atoms with E-state index in [1.165, 1.54) is 4.31 Å². The lowest BCUT2D eigenvalue weighted by Crippen LogP contribution is -2.58. The van der Waals surface area contributed by atoms with E-state index in [9.17, 15) is 8.42 Å². The first-order valence-corrected chi connectivity index (χ1v) is 9.06. The monoisotopic (exact) mass is 379 g/mol. The van der Waals surface area contributed by atoms with E-state index < -0.39 is 10.0 Å². The number of piperazine rings is 1. The summed E-state index contributed by atoms with van der Waals surface area (Å²) in [7, 11) is 0.256. The quantitative estimate of drug-likeness (QED) is 0.857. The van der Waals surface area contributed by atoms with Crippen molar-refractivity contribution in [1.29, 1.82) is 0 Å². The number of sulfonamides is 1. The molecule has 0 radical (unpaired) electrons. The van der Waals surface area contributed by atoms with Gasteiger partial charge in [0.15, 0.2) is 4.67 Å². The smallest absolute Gasteiger partial charge is 0.247 e. The number of furan rings is 1. The fraction of sp³-hybridized carbons (Fsp3) is 0.692. The van der Waals surface area contributed by atoms with Crippen molar-refractivity contribution in [3.63, 3.8) is 0 Å². The van der Waals surface area contributed by atoms with Crippen molar-refractivity contribution in [2.24, 2.45) is 0 Å². The van der Waals surface area contributed by atoms with Crippen molar-refractivity contribution in [2.75, 3.05) is 33.7 Å². The Labute approximate surface area is 134 Å². The van der Waals surface area contributed by atoms with Gasteiger partial charge in [-0.05, 0) is 43.9 Å². The molecule has 0 spiro atoms. The molecule has 1 aliphatic rings. The fourth-order valence-corrected chi connectivity index (χ4v) is 4.92. The highest BCUT2D eigenvalue weighted by atomic mass is 79.9. The third kappa shape index (κ3) is 3.34. The van der Waals surface area contributed by atoms with Gasteiger partial charge in [-0.1, -0.05) is 0 Å². The minimum Gasteiger partial charge on any atom is -0.452 e. The van der Waals surface area contributed by atoms with Gasteiger partial charge in [-0.15, -0.1) is 0 Å². The largest absolute Gasteiger partial charge is 0.452 e. The number of rotatable bonds is 4. The van der Waals surface area contributed by atoms with Crippen LogP contribution in [-0.4, -0.2) is 56.9 Å². The number of halogens is 1. The molecule has 21 heavy (non-hydrogen) atoms. The molecule has 6 nitrogen and oxygen atoms in total.